The van der Waals surface area contributed by atoms with Gasteiger partial charge in [0.05, 0.1) is 31.0 Å². The molecule has 1 unspecified atom stereocenters. The first-order valence-electron chi connectivity index (χ1n) is 9.67. The molecular formula is C22H25N3O3. The molecule has 2 amide bonds. The van der Waals surface area contributed by atoms with Crippen molar-refractivity contribution in [1.29, 1.82) is 0 Å². The monoisotopic (exact) mass is 379 g/mol. The summed E-state index contributed by atoms with van der Waals surface area (Å²) in [6, 6.07) is 6.07. The van der Waals surface area contributed by atoms with Gasteiger partial charge < -0.3 is 15.0 Å². The number of nitrogens with one attached hydrogen (secondary N) is 1. The molecule has 6 nitrogen and oxygen atoms in total. The summed E-state index contributed by atoms with van der Waals surface area (Å²) in [7, 11) is 0. The van der Waals surface area contributed by atoms with Gasteiger partial charge in [-0.3, -0.25) is 14.6 Å². The maximum Gasteiger partial charge on any atom is 0.229 e. The molecule has 1 fully saturated rings. The Morgan fingerprint density at radius 3 is 2.71 bits per heavy atom. The highest BCUT2D eigenvalue weighted by molar-refractivity contribution is 6.04. The number of fused-ring (bicyclic) bond motifs is 1. The van der Waals surface area contributed by atoms with E-state index in [4.69, 9.17) is 4.74 Å². The zero-order chi connectivity index (χ0) is 19.8. The van der Waals surface area contributed by atoms with Crippen LogP contribution in [0.5, 0.6) is 0 Å². The summed E-state index contributed by atoms with van der Waals surface area (Å²) in [5, 5.41) is 2.93. The van der Waals surface area contributed by atoms with Gasteiger partial charge in [-0.15, -0.1) is 0 Å². The van der Waals surface area contributed by atoms with Crippen molar-refractivity contribution in [3.63, 3.8) is 0 Å². The van der Waals surface area contributed by atoms with Crippen LogP contribution in [-0.2, 0) is 27.4 Å². The quantitative estimate of drug-likeness (QED) is 0.890. The number of ether oxygens (including phenoxy) is 1. The number of amides is 2. The van der Waals surface area contributed by atoms with E-state index in [0.717, 1.165) is 34.5 Å². The van der Waals surface area contributed by atoms with Gasteiger partial charge in [0.1, 0.15) is 0 Å². The molecule has 1 aromatic heterocycles. The second-order valence-corrected chi connectivity index (χ2v) is 7.77. The Hall–Kier alpha value is -2.73. The van der Waals surface area contributed by atoms with Crippen LogP contribution >= 0.6 is 0 Å². The van der Waals surface area contributed by atoms with Crippen LogP contribution in [0.15, 0.2) is 24.4 Å². The first kappa shape index (κ1) is 18.6. The number of aromatic nitrogens is 1. The van der Waals surface area contributed by atoms with Gasteiger partial charge in [0.2, 0.25) is 11.8 Å². The maximum atomic E-state index is 12.8. The molecule has 1 saturated heterocycles. The van der Waals surface area contributed by atoms with Gasteiger partial charge in [0.15, 0.2) is 0 Å². The largest absolute Gasteiger partial charge is 0.376 e. The van der Waals surface area contributed by atoms with E-state index in [1.807, 2.05) is 26.8 Å². The number of hydrogen-bond acceptors (Lipinski definition) is 4. The van der Waals surface area contributed by atoms with Crippen LogP contribution < -0.4 is 10.2 Å². The van der Waals surface area contributed by atoms with Crippen LogP contribution in [0.25, 0.3) is 0 Å². The molecule has 1 atom stereocenters. The molecule has 28 heavy (non-hydrogen) atoms. The van der Waals surface area contributed by atoms with Gasteiger partial charge in [-0.1, -0.05) is 17.7 Å². The average molecular weight is 379 g/mol. The summed E-state index contributed by atoms with van der Waals surface area (Å²) in [4.78, 5) is 31.6. The Bertz CT molecular complexity index is 931. The lowest BCUT2D eigenvalue weighted by molar-refractivity contribution is -0.122. The molecule has 2 aliphatic rings. The van der Waals surface area contributed by atoms with Crippen LogP contribution in [0.2, 0.25) is 0 Å². The summed E-state index contributed by atoms with van der Waals surface area (Å²) in [6.07, 6.45) is 2.70. The molecule has 6 heteroatoms. The fourth-order valence-electron chi connectivity index (χ4n) is 4.25. The molecule has 1 N–H and O–H groups in total. The first-order chi connectivity index (χ1) is 13.4. The van der Waals surface area contributed by atoms with Crippen molar-refractivity contribution in [3.8, 4) is 0 Å². The second kappa shape index (κ2) is 7.36. The number of benzene rings is 1. The second-order valence-electron chi connectivity index (χ2n) is 7.77. The minimum absolute atomic E-state index is 0.00725. The lowest BCUT2D eigenvalue weighted by Crippen LogP contribution is -2.29. The summed E-state index contributed by atoms with van der Waals surface area (Å²) < 4.78 is 5.46. The number of hydrogen-bond donors (Lipinski definition) is 1. The van der Waals surface area contributed by atoms with Gasteiger partial charge in [-0.05, 0) is 38.0 Å². The molecule has 2 aliphatic heterocycles. The Morgan fingerprint density at radius 2 is 1.96 bits per heavy atom. The van der Waals surface area contributed by atoms with Crippen LogP contribution in [0.4, 0.5) is 11.4 Å². The third kappa shape index (κ3) is 3.52. The molecule has 146 valence electrons. The SMILES string of the molecule is Cc1cc(C)c(N2CC(C(=O)Nc3cnc4c(c3)COCC4)CC2=O)c(C)c1. The number of anilines is 2. The van der Waals surface area contributed by atoms with Crippen molar-refractivity contribution in [2.75, 3.05) is 23.4 Å². The normalized spacial score (nSPS) is 18.9. The Labute approximate surface area is 164 Å². The minimum Gasteiger partial charge on any atom is -0.376 e. The van der Waals surface area contributed by atoms with Crippen LogP contribution in [0.3, 0.4) is 0 Å². The van der Waals surface area contributed by atoms with Crippen LogP contribution in [0, 0.1) is 26.7 Å². The first-order valence-corrected chi connectivity index (χ1v) is 9.67. The standard InChI is InChI=1S/C22H25N3O3/c1-13-6-14(2)21(15(3)7-13)25-11-16(9-20(25)26)22(27)24-18-8-17-12-28-5-4-19(17)23-10-18/h6-8,10,16H,4-5,9,11-12H2,1-3H3,(H,24,27). The number of pyridine rings is 1. The van der Waals surface area contributed by atoms with E-state index in [1.54, 1.807) is 11.1 Å². The molecule has 1 aromatic carbocycles. The fraction of sp³-hybridized carbons (Fsp3) is 0.409. The van der Waals surface area contributed by atoms with Gasteiger partial charge >= 0.3 is 0 Å². The lowest BCUT2D eigenvalue weighted by Gasteiger charge is -2.22. The Kier molecular flexibility index (Phi) is 4.89. The summed E-state index contributed by atoms with van der Waals surface area (Å²) in [5.41, 5.74) is 6.91. The molecule has 0 radical (unpaired) electrons. The van der Waals surface area contributed by atoms with Gasteiger partial charge in [0.25, 0.3) is 0 Å². The molecule has 3 heterocycles. The van der Waals surface area contributed by atoms with Crippen molar-refractivity contribution in [2.24, 2.45) is 5.92 Å². The maximum absolute atomic E-state index is 12.8. The van der Waals surface area contributed by atoms with Crippen molar-refractivity contribution in [3.05, 3.63) is 52.3 Å². The third-order valence-electron chi connectivity index (χ3n) is 5.47. The molecular weight excluding hydrogens is 354 g/mol. The molecule has 2 aromatic rings. The Balaban J connectivity index is 1.49. The zero-order valence-electron chi connectivity index (χ0n) is 16.5. The number of rotatable bonds is 3. The predicted molar refractivity (Wildman–Crippen MR) is 107 cm³/mol. The molecule has 4 rings (SSSR count). The van der Waals surface area contributed by atoms with E-state index >= 15 is 0 Å². The Morgan fingerprint density at radius 1 is 1.21 bits per heavy atom. The highest BCUT2D eigenvalue weighted by Gasteiger charge is 2.36. The summed E-state index contributed by atoms with van der Waals surface area (Å²) in [5.74, 6) is -0.524. The highest BCUT2D eigenvalue weighted by Crippen LogP contribution is 2.32. The predicted octanol–water partition coefficient (Wildman–Crippen LogP) is 3.07. The van der Waals surface area contributed by atoms with E-state index < -0.39 is 0 Å². The minimum atomic E-state index is -0.375. The molecule has 0 spiro atoms. The smallest absolute Gasteiger partial charge is 0.229 e. The topological polar surface area (TPSA) is 71.5 Å². The van der Waals surface area contributed by atoms with E-state index in [1.165, 1.54) is 5.56 Å². The van der Waals surface area contributed by atoms with Gasteiger partial charge in [-0.25, -0.2) is 0 Å². The number of nitrogens with zero attached hydrogens (tertiary/aromatic N) is 2. The fourth-order valence-corrected chi connectivity index (χ4v) is 4.25. The van der Waals surface area contributed by atoms with E-state index in [2.05, 4.69) is 22.4 Å². The van der Waals surface area contributed by atoms with Crippen molar-refractivity contribution >= 4 is 23.2 Å². The lowest BCUT2D eigenvalue weighted by atomic mass is 10.0. The number of carbonyl (C=O) groups excluding carboxylic acids is 2. The van der Waals surface area contributed by atoms with Gasteiger partial charge in [0, 0.05) is 36.3 Å². The highest BCUT2D eigenvalue weighted by atomic mass is 16.5. The molecule has 0 saturated carbocycles. The summed E-state index contributed by atoms with van der Waals surface area (Å²) >= 11 is 0. The van der Waals surface area contributed by atoms with Crippen molar-refractivity contribution in [1.82, 2.24) is 4.98 Å². The third-order valence-corrected chi connectivity index (χ3v) is 5.47. The zero-order valence-corrected chi connectivity index (χ0v) is 16.5. The van der Waals surface area contributed by atoms with E-state index in [0.29, 0.717) is 25.4 Å². The number of carbonyl (C=O) groups is 2. The van der Waals surface area contributed by atoms with Crippen LogP contribution in [0.1, 0.15) is 34.4 Å². The summed E-state index contributed by atoms with van der Waals surface area (Å²) in [6.45, 7) is 7.67. The van der Waals surface area contributed by atoms with Crippen molar-refractivity contribution < 1.29 is 14.3 Å². The van der Waals surface area contributed by atoms with Crippen molar-refractivity contribution in [2.45, 2.75) is 40.2 Å². The van der Waals surface area contributed by atoms with E-state index in [9.17, 15) is 9.59 Å². The molecule has 0 aliphatic carbocycles. The average Bonchev–Trinajstić information content (AvgIpc) is 3.02. The molecule has 0 bridgehead atoms. The van der Waals surface area contributed by atoms with E-state index in [-0.39, 0.29) is 24.2 Å². The van der Waals surface area contributed by atoms with Gasteiger partial charge in [-0.2, -0.15) is 0 Å². The van der Waals surface area contributed by atoms with Crippen LogP contribution in [-0.4, -0.2) is 29.9 Å². The number of aryl methyl sites for hydroxylation is 3.